The second kappa shape index (κ2) is 5.77. The van der Waals surface area contributed by atoms with E-state index in [1.54, 1.807) is 0 Å². The van der Waals surface area contributed by atoms with Crippen molar-refractivity contribution in [3.63, 3.8) is 0 Å². The molecule has 1 aromatic carbocycles. The van der Waals surface area contributed by atoms with Crippen molar-refractivity contribution >= 4 is 0 Å². The third-order valence-electron chi connectivity index (χ3n) is 1.72. The number of hydrogen-bond donors (Lipinski definition) is 0. The van der Waals surface area contributed by atoms with Crippen LogP contribution in [-0.2, 0) is 0 Å². The molecule has 0 fully saturated rings. The maximum absolute atomic E-state index is 12.9. The zero-order valence-corrected chi connectivity index (χ0v) is 8.48. The van der Waals surface area contributed by atoms with Gasteiger partial charge in [-0.15, -0.1) is 0 Å². The normalized spacial score (nSPS) is 9.44. The van der Waals surface area contributed by atoms with Gasteiger partial charge in [0.15, 0.2) is 23.1 Å². The van der Waals surface area contributed by atoms with Crippen molar-refractivity contribution in [2.75, 3.05) is 20.3 Å². The van der Waals surface area contributed by atoms with E-state index in [2.05, 4.69) is 10.0 Å². The Morgan fingerprint density at radius 3 is 2.50 bits per heavy atom. The number of hydrogen-bond acceptors (Lipinski definition) is 3. The molecule has 0 aliphatic rings. The van der Waals surface area contributed by atoms with Crippen LogP contribution in [0.5, 0.6) is 11.5 Å². The number of halogens is 2. The first-order chi connectivity index (χ1) is 7.69. The van der Waals surface area contributed by atoms with Gasteiger partial charge >= 0.3 is 0 Å². The first-order valence-electron chi connectivity index (χ1n) is 4.35. The number of ether oxygens (including phenoxy) is 2. The molecule has 0 saturated heterocycles. The summed E-state index contributed by atoms with van der Waals surface area (Å²) in [5.74, 6) is -1.90. The van der Waals surface area contributed by atoms with Crippen molar-refractivity contribution in [3.05, 3.63) is 34.2 Å². The quantitative estimate of drug-likeness (QED) is 0.337. The fraction of sp³-hybridized carbons (Fsp3) is 0.333. The molecular weight excluding hydrogens is 220 g/mol. The highest BCUT2D eigenvalue weighted by Crippen LogP contribution is 2.29. The van der Waals surface area contributed by atoms with E-state index in [9.17, 15) is 8.78 Å². The van der Waals surface area contributed by atoms with E-state index in [1.165, 1.54) is 7.11 Å². The molecule has 0 spiro atoms. The van der Waals surface area contributed by atoms with Crippen molar-refractivity contribution < 1.29 is 18.3 Å². The average Bonchev–Trinajstić information content (AvgIpc) is 2.28. The van der Waals surface area contributed by atoms with Crippen LogP contribution < -0.4 is 9.47 Å². The summed E-state index contributed by atoms with van der Waals surface area (Å²) in [6.45, 7) is 0.157. The number of benzene rings is 1. The van der Waals surface area contributed by atoms with Crippen molar-refractivity contribution in [1.29, 1.82) is 0 Å². The summed E-state index contributed by atoms with van der Waals surface area (Å²) >= 11 is 0. The summed E-state index contributed by atoms with van der Waals surface area (Å²) < 4.78 is 35.6. The lowest BCUT2D eigenvalue weighted by Crippen LogP contribution is -2.03. The van der Waals surface area contributed by atoms with Gasteiger partial charge in [0.25, 0.3) is 0 Å². The average molecular weight is 229 g/mol. The van der Waals surface area contributed by atoms with E-state index in [0.717, 1.165) is 12.1 Å². The van der Waals surface area contributed by atoms with Crippen molar-refractivity contribution in [1.82, 2.24) is 0 Å². The van der Waals surface area contributed by atoms with E-state index in [1.807, 2.05) is 0 Å². The minimum Gasteiger partial charge on any atom is -0.493 e. The summed E-state index contributed by atoms with van der Waals surface area (Å²) in [7, 11) is 1.31. The molecule has 0 bridgehead atoms. The van der Waals surface area contributed by atoms with Gasteiger partial charge in [0.1, 0.15) is 0 Å². The van der Waals surface area contributed by atoms with Crippen molar-refractivity contribution in [2.24, 2.45) is 5.11 Å². The van der Waals surface area contributed by atoms with Crippen LogP contribution in [0.2, 0.25) is 0 Å². The predicted octanol–water partition coefficient (Wildman–Crippen LogP) is 2.66. The van der Waals surface area contributed by atoms with E-state index >= 15 is 0 Å². The molecule has 16 heavy (non-hydrogen) atoms. The van der Waals surface area contributed by atoms with Gasteiger partial charge < -0.3 is 9.47 Å². The second-order valence-electron chi connectivity index (χ2n) is 2.72. The zero-order valence-electron chi connectivity index (χ0n) is 8.48. The van der Waals surface area contributed by atoms with Gasteiger partial charge in [-0.25, -0.2) is 8.78 Å². The van der Waals surface area contributed by atoms with Gasteiger partial charge in [-0.05, 0) is 5.53 Å². The Morgan fingerprint density at radius 1 is 1.31 bits per heavy atom. The summed E-state index contributed by atoms with van der Waals surface area (Å²) in [5.41, 5.74) is 8.01. The SMILES string of the molecule is COc1cc(F)c(F)cc1OCCN=[N+]=[N-]. The van der Waals surface area contributed by atoms with Crippen LogP contribution in [-0.4, -0.2) is 20.3 Å². The molecule has 0 unspecified atom stereocenters. The minimum atomic E-state index is -1.03. The molecule has 0 atom stereocenters. The van der Waals surface area contributed by atoms with Crippen LogP contribution in [0.4, 0.5) is 8.78 Å². The van der Waals surface area contributed by atoms with Crippen molar-refractivity contribution in [3.8, 4) is 11.5 Å². The van der Waals surface area contributed by atoms with Crippen molar-refractivity contribution in [2.45, 2.75) is 0 Å². The molecule has 0 aliphatic carbocycles. The first-order valence-corrected chi connectivity index (χ1v) is 4.35. The van der Waals surface area contributed by atoms with Gasteiger partial charge in [0, 0.05) is 17.0 Å². The Kier molecular flexibility index (Phi) is 4.35. The van der Waals surface area contributed by atoms with E-state index < -0.39 is 11.6 Å². The molecule has 0 radical (unpaired) electrons. The maximum Gasteiger partial charge on any atom is 0.164 e. The lowest BCUT2D eigenvalue weighted by atomic mass is 10.3. The molecule has 1 aromatic rings. The third-order valence-corrected chi connectivity index (χ3v) is 1.72. The molecule has 0 saturated carbocycles. The summed E-state index contributed by atoms with van der Waals surface area (Å²) in [6.07, 6.45) is 0. The molecule has 7 heteroatoms. The fourth-order valence-electron chi connectivity index (χ4n) is 1.02. The largest absolute Gasteiger partial charge is 0.493 e. The summed E-state index contributed by atoms with van der Waals surface area (Å²) in [6, 6.07) is 1.77. The van der Waals surface area contributed by atoms with Crippen LogP contribution >= 0.6 is 0 Å². The Labute approximate surface area is 90.2 Å². The molecule has 86 valence electrons. The van der Waals surface area contributed by atoms with E-state index in [-0.39, 0.29) is 24.7 Å². The second-order valence-corrected chi connectivity index (χ2v) is 2.72. The first kappa shape index (κ1) is 12.1. The molecule has 1 rings (SSSR count). The molecule has 0 N–H and O–H groups in total. The zero-order chi connectivity index (χ0) is 12.0. The van der Waals surface area contributed by atoms with E-state index in [0.29, 0.717) is 0 Å². The van der Waals surface area contributed by atoms with Crippen LogP contribution in [0.1, 0.15) is 0 Å². The summed E-state index contributed by atoms with van der Waals surface area (Å²) in [4.78, 5) is 2.52. The number of nitrogens with zero attached hydrogens (tertiary/aromatic N) is 3. The standard InChI is InChI=1S/C9H9F2N3O2/c1-15-8-4-6(10)7(11)5-9(8)16-3-2-13-14-12/h4-5H,2-3H2,1H3. The maximum atomic E-state index is 12.9. The topological polar surface area (TPSA) is 67.2 Å². The van der Waals surface area contributed by atoms with Crippen LogP contribution in [0, 0.1) is 11.6 Å². The lowest BCUT2D eigenvalue weighted by Gasteiger charge is -2.09. The van der Waals surface area contributed by atoms with Gasteiger partial charge in [0.2, 0.25) is 0 Å². The highest BCUT2D eigenvalue weighted by Gasteiger charge is 2.11. The molecule has 0 aromatic heterocycles. The van der Waals surface area contributed by atoms with Crippen LogP contribution in [0.25, 0.3) is 10.4 Å². The number of rotatable bonds is 5. The fourth-order valence-corrected chi connectivity index (χ4v) is 1.02. The monoisotopic (exact) mass is 229 g/mol. The molecule has 5 nitrogen and oxygen atoms in total. The Balaban J connectivity index is 2.77. The summed E-state index contributed by atoms with van der Waals surface area (Å²) in [5, 5.41) is 3.23. The third kappa shape index (κ3) is 2.99. The molecular formula is C9H9F2N3O2. The van der Waals surface area contributed by atoms with Gasteiger partial charge in [-0.1, -0.05) is 5.11 Å². The number of azide groups is 1. The molecule has 0 heterocycles. The Hall–Kier alpha value is -2.01. The van der Waals surface area contributed by atoms with E-state index in [4.69, 9.17) is 15.0 Å². The highest BCUT2D eigenvalue weighted by atomic mass is 19.2. The minimum absolute atomic E-state index is 0.0610. The molecule has 0 amide bonds. The molecule has 0 aliphatic heterocycles. The lowest BCUT2D eigenvalue weighted by molar-refractivity contribution is 0.298. The van der Waals surface area contributed by atoms with Crippen LogP contribution in [0.15, 0.2) is 17.2 Å². The smallest absolute Gasteiger partial charge is 0.164 e. The van der Waals surface area contributed by atoms with Gasteiger partial charge in [0.05, 0.1) is 20.3 Å². The van der Waals surface area contributed by atoms with Gasteiger partial charge in [-0.2, -0.15) is 0 Å². The Bertz CT molecular complexity index is 419. The van der Waals surface area contributed by atoms with Crippen LogP contribution in [0.3, 0.4) is 0 Å². The predicted molar refractivity (Wildman–Crippen MR) is 52.4 cm³/mol. The van der Waals surface area contributed by atoms with Gasteiger partial charge in [-0.3, -0.25) is 0 Å². The highest BCUT2D eigenvalue weighted by molar-refractivity contribution is 5.40. The number of methoxy groups -OCH3 is 1. The Morgan fingerprint density at radius 2 is 1.94 bits per heavy atom.